The lowest BCUT2D eigenvalue weighted by Gasteiger charge is -2.16. The third kappa shape index (κ3) is 3.81. The molecule has 0 radical (unpaired) electrons. The van der Waals surface area contributed by atoms with E-state index in [0.29, 0.717) is 42.7 Å². The number of ether oxygens (including phenoxy) is 1. The highest BCUT2D eigenvalue weighted by Crippen LogP contribution is 2.23. The first kappa shape index (κ1) is 17.2. The van der Waals surface area contributed by atoms with Gasteiger partial charge in [0.25, 0.3) is 11.8 Å². The summed E-state index contributed by atoms with van der Waals surface area (Å²) >= 11 is 0. The van der Waals surface area contributed by atoms with Crippen molar-refractivity contribution in [2.24, 2.45) is 0 Å². The molecule has 140 valence electrons. The van der Waals surface area contributed by atoms with Crippen molar-refractivity contribution in [1.82, 2.24) is 30.0 Å². The number of para-hydroxylation sites is 1. The molecule has 9 nitrogen and oxygen atoms in total. The molecule has 3 heterocycles. The number of hydrogen-bond acceptors (Lipinski definition) is 7. The summed E-state index contributed by atoms with van der Waals surface area (Å²) in [5.74, 6) is 1.65. The number of carbonyl (C=O) groups excluding carboxylic acids is 1. The summed E-state index contributed by atoms with van der Waals surface area (Å²) in [7, 11) is 0. The largest absolute Gasteiger partial charge is 0.484 e. The van der Waals surface area contributed by atoms with Crippen molar-refractivity contribution in [3.8, 4) is 17.3 Å². The average molecular weight is 368 g/mol. The topological polar surface area (TPSA) is 99.2 Å². The number of aryl methyl sites for hydroxylation is 1. The molecule has 0 N–H and O–H groups in total. The molecule has 0 saturated carbocycles. The Balaban J connectivity index is 1.34. The average Bonchev–Trinajstić information content (AvgIpc) is 3.46. The summed E-state index contributed by atoms with van der Waals surface area (Å²) in [6.45, 7) is 3.22. The summed E-state index contributed by atoms with van der Waals surface area (Å²) in [5.41, 5.74) is 0.541. The van der Waals surface area contributed by atoms with Crippen LogP contribution in [0.2, 0.25) is 0 Å². The number of aromatic nitrogens is 5. The third-order valence-electron chi connectivity index (χ3n) is 4.51. The van der Waals surface area contributed by atoms with E-state index in [1.807, 2.05) is 37.3 Å². The van der Waals surface area contributed by atoms with Crippen LogP contribution in [0.4, 0.5) is 0 Å². The highest BCUT2D eigenvalue weighted by molar-refractivity contribution is 5.78. The lowest BCUT2D eigenvalue weighted by Crippen LogP contribution is -2.33. The minimum absolute atomic E-state index is 0.0289. The molecule has 27 heavy (non-hydrogen) atoms. The van der Waals surface area contributed by atoms with E-state index in [1.165, 1.54) is 0 Å². The SMILES string of the molecule is CCc1noc(-c2cn([C@@H]3CCN(C(=O)COc4ccccc4)C3)nn2)n1. The smallest absolute Gasteiger partial charge is 0.280 e. The summed E-state index contributed by atoms with van der Waals surface area (Å²) in [6, 6.07) is 9.39. The summed E-state index contributed by atoms with van der Waals surface area (Å²) in [6.07, 6.45) is 3.29. The number of hydrogen-bond donors (Lipinski definition) is 0. The van der Waals surface area contributed by atoms with Gasteiger partial charge in [-0.3, -0.25) is 4.79 Å². The molecule has 1 amide bonds. The van der Waals surface area contributed by atoms with Crippen LogP contribution in [0.1, 0.15) is 25.2 Å². The van der Waals surface area contributed by atoms with E-state index in [4.69, 9.17) is 9.26 Å². The maximum atomic E-state index is 12.4. The standard InChI is InChI=1S/C18H20N6O3/c1-2-16-19-18(27-21-16)15-11-24(22-20-15)13-8-9-23(10-13)17(25)12-26-14-6-4-3-5-7-14/h3-7,11,13H,2,8-10,12H2,1H3/t13-/m1/s1. The Morgan fingerprint density at radius 2 is 2.19 bits per heavy atom. The van der Waals surface area contributed by atoms with Gasteiger partial charge in [0.05, 0.1) is 12.2 Å². The predicted molar refractivity (Wildman–Crippen MR) is 94.9 cm³/mol. The molecule has 2 aromatic heterocycles. The van der Waals surface area contributed by atoms with Gasteiger partial charge in [0, 0.05) is 19.5 Å². The molecule has 0 unspecified atom stereocenters. The van der Waals surface area contributed by atoms with Crippen LogP contribution in [0.15, 0.2) is 41.1 Å². The van der Waals surface area contributed by atoms with Gasteiger partial charge in [0.1, 0.15) is 5.75 Å². The highest BCUT2D eigenvalue weighted by atomic mass is 16.5. The van der Waals surface area contributed by atoms with Crippen molar-refractivity contribution in [3.05, 3.63) is 42.4 Å². The van der Waals surface area contributed by atoms with Crippen LogP contribution in [0.5, 0.6) is 5.75 Å². The van der Waals surface area contributed by atoms with E-state index < -0.39 is 0 Å². The molecule has 9 heteroatoms. The maximum Gasteiger partial charge on any atom is 0.280 e. The van der Waals surface area contributed by atoms with Crippen molar-refractivity contribution >= 4 is 5.91 Å². The van der Waals surface area contributed by atoms with Crippen LogP contribution < -0.4 is 4.74 Å². The third-order valence-corrected chi connectivity index (χ3v) is 4.51. The van der Waals surface area contributed by atoms with Crippen molar-refractivity contribution in [1.29, 1.82) is 0 Å². The van der Waals surface area contributed by atoms with Gasteiger partial charge in [0.2, 0.25) is 0 Å². The molecule has 4 rings (SSSR count). The predicted octanol–water partition coefficient (Wildman–Crippen LogP) is 1.74. The number of amides is 1. The first-order valence-corrected chi connectivity index (χ1v) is 8.93. The quantitative estimate of drug-likeness (QED) is 0.653. The van der Waals surface area contributed by atoms with Gasteiger partial charge in [-0.1, -0.05) is 35.5 Å². The second-order valence-electron chi connectivity index (χ2n) is 6.34. The van der Waals surface area contributed by atoms with Crippen molar-refractivity contribution in [3.63, 3.8) is 0 Å². The molecular formula is C18H20N6O3. The zero-order valence-corrected chi connectivity index (χ0v) is 15.0. The van der Waals surface area contributed by atoms with Crippen LogP contribution in [0.25, 0.3) is 11.6 Å². The molecule has 3 aromatic rings. The summed E-state index contributed by atoms with van der Waals surface area (Å²) < 4.78 is 12.5. The van der Waals surface area contributed by atoms with Crippen LogP contribution in [0, 0.1) is 0 Å². The zero-order chi connectivity index (χ0) is 18.6. The second-order valence-corrected chi connectivity index (χ2v) is 6.34. The van der Waals surface area contributed by atoms with Gasteiger partial charge in [-0.05, 0) is 18.6 Å². The minimum atomic E-state index is -0.0359. The Morgan fingerprint density at radius 1 is 1.33 bits per heavy atom. The normalized spacial score (nSPS) is 16.6. The monoisotopic (exact) mass is 368 g/mol. The molecule has 0 aliphatic carbocycles. The summed E-state index contributed by atoms with van der Waals surface area (Å²) in [5, 5.41) is 12.1. The Bertz CT molecular complexity index is 907. The van der Waals surface area contributed by atoms with E-state index >= 15 is 0 Å². The molecule has 1 saturated heterocycles. The first-order valence-electron chi connectivity index (χ1n) is 8.93. The van der Waals surface area contributed by atoms with Crippen molar-refractivity contribution in [2.45, 2.75) is 25.8 Å². The van der Waals surface area contributed by atoms with E-state index in [1.54, 1.807) is 15.8 Å². The number of likely N-dealkylation sites (tertiary alicyclic amines) is 1. The summed E-state index contributed by atoms with van der Waals surface area (Å²) in [4.78, 5) is 18.4. The number of nitrogens with zero attached hydrogens (tertiary/aromatic N) is 6. The van der Waals surface area contributed by atoms with Crippen LogP contribution in [-0.4, -0.2) is 55.6 Å². The first-order chi connectivity index (χ1) is 13.2. The molecule has 1 aromatic carbocycles. The molecule has 1 fully saturated rings. The molecule has 1 atom stereocenters. The van der Waals surface area contributed by atoms with Crippen LogP contribution in [-0.2, 0) is 11.2 Å². The minimum Gasteiger partial charge on any atom is -0.484 e. The molecule has 0 bridgehead atoms. The fraction of sp³-hybridized carbons (Fsp3) is 0.389. The van der Waals surface area contributed by atoms with E-state index in [-0.39, 0.29) is 18.6 Å². The lowest BCUT2D eigenvalue weighted by molar-refractivity contribution is -0.132. The molecule has 1 aliphatic heterocycles. The lowest BCUT2D eigenvalue weighted by atomic mass is 10.3. The van der Waals surface area contributed by atoms with E-state index in [9.17, 15) is 4.79 Å². The van der Waals surface area contributed by atoms with E-state index in [0.717, 1.165) is 6.42 Å². The fourth-order valence-corrected chi connectivity index (χ4v) is 2.99. The van der Waals surface area contributed by atoms with Crippen molar-refractivity contribution < 1.29 is 14.1 Å². The number of rotatable bonds is 6. The van der Waals surface area contributed by atoms with Crippen molar-refractivity contribution in [2.75, 3.05) is 19.7 Å². The van der Waals surface area contributed by atoms with Gasteiger partial charge in [-0.15, -0.1) is 5.10 Å². The number of benzene rings is 1. The second kappa shape index (κ2) is 7.56. The van der Waals surface area contributed by atoms with Crippen LogP contribution >= 0.6 is 0 Å². The Hall–Kier alpha value is -3.23. The highest BCUT2D eigenvalue weighted by Gasteiger charge is 2.29. The van der Waals surface area contributed by atoms with Gasteiger partial charge >= 0.3 is 0 Å². The zero-order valence-electron chi connectivity index (χ0n) is 15.0. The Kier molecular flexibility index (Phi) is 4.82. The van der Waals surface area contributed by atoms with Crippen LogP contribution in [0.3, 0.4) is 0 Å². The molecular weight excluding hydrogens is 348 g/mol. The number of carbonyl (C=O) groups is 1. The Morgan fingerprint density at radius 3 is 2.96 bits per heavy atom. The van der Waals surface area contributed by atoms with Gasteiger partial charge in [-0.2, -0.15) is 4.98 Å². The maximum absolute atomic E-state index is 12.4. The molecule has 1 aliphatic rings. The van der Waals surface area contributed by atoms with Gasteiger partial charge in [0.15, 0.2) is 18.1 Å². The van der Waals surface area contributed by atoms with Gasteiger partial charge < -0.3 is 14.2 Å². The molecule has 0 spiro atoms. The Labute approximate surface area is 155 Å². The van der Waals surface area contributed by atoms with E-state index in [2.05, 4.69) is 20.5 Å². The fourth-order valence-electron chi connectivity index (χ4n) is 2.99. The van der Waals surface area contributed by atoms with Gasteiger partial charge in [-0.25, -0.2) is 4.68 Å².